The van der Waals surface area contributed by atoms with Crippen LogP contribution in [0.2, 0.25) is 0 Å². The van der Waals surface area contributed by atoms with E-state index in [9.17, 15) is 14.4 Å². The van der Waals surface area contributed by atoms with Gasteiger partial charge in [-0.3, -0.25) is 14.4 Å². The van der Waals surface area contributed by atoms with E-state index in [-0.39, 0.29) is 18.5 Å². The molecule has 1 aromatic carbocycles. The first-order chi connectivity index (χ1) is 13.4. The van der Waals surface area contributed by atoms with E-state index >= 15 is 0 Å². The summed E-state index contributed by atoms with van der Waals surface area (Å²) in [5.74, 6) is 1.20. The average molecular weight is 386 g/mol. The van der Waals surface area contributed by atoms with Gasteiger partial charge in [-0.25, -0.2) is 0 Å². The number of nitrogens with one attached hydrogen (secondary N) is 2. The molecule has 0 unspecified atom stereocenters. The first kappa shape index (κ1) is 20.4. The Kier molecular flexibility index (Phi) is 6.70. The van der Waals surface area contributed by atoms with Crippen molar-refractivity contribution >= 4 is 23.5 Å². The molecule has 3 rings (SSSR count). The van der Waals surface area contributed by atoms with Crippen LogP contribution in [0.4, 0.5) is 5.69 Å². The molecule has 2 aliphatic rings. The second kappa shape index (κ2) is 9.22. The lowest BCUT2D eigenvalue weighted by Crippen LogP contribution is -2.29. The Labute approximate surface area is 166 Å². The highest BCUT2D eigenvalue weighted by molar-refractivity contribution is 6.04. The predicted molar refractivity (Wildman–Crippen MR) is 107 cm³/mol. The number of esters is 1. The van der Waals surface area contributed by atoms with Crippen molar-refractivity contribution in [2.75, 3.05) is 18.5 Å². The van der Waals surface area contributed by atoms with E-state index in [1.54, 1.807) is 24.3 Å². The van der Waals surface area contributed by atoms with Gasteiger partial charge in [0.25, 0.3) is 11.8 Å². The van der Waals surface area contributed by atoms with Crippen molar-refractivity contribution in [2.45, 2.75) is 46.0 Å². The van der Waals surface area contributed by atoms with Gasteiger partial charge in [-0.2, -0.15) is 0 Å². The van der Waals surface area contributed by atoms with Gasteiger partial charge in [0.1, 0.15) is 0 Å². The Hall–Kier alpha value is -2.37. The van der Waals surface area contributed by atoms with Crippen LogP contribution < -0.4 is 10.6 Å². The van der Waals surface area contributed by atoms with E-state index in [1.807, 2.05) is 13.8 Å². The summed E-state index contributed by atoms with van der Waals surface area (Å²) in [6.07, 6.45) is 5.28. The van der Waals surface area contributed by atoms with Gasteiger partial charge >= 0.3 is 5.97 Å². The normalized spacial score (nSPS) is 22.9. The van der Waals surface area contributed by atoms with Crippen molar-refractivity contribution in [1.29, 1.82) is 0 Å². The maximum Gasteiger partial charge on any atom is 0.306 e. The largest absolute Gasteiger partial charge is 0.456 e. The third kappa shape index (κ3) is 5.33. The first-order valence-electron chi connectivity index (χ1n) is 10.2. The van der Waals surface area contributed by atoms with Crippen molar-refractivity contribution in [3.8, 4) is 0 Å². The third-order valence-corrected chi connectivity index (χ3v) is 5.79. The molecule has 0 heterocycles. The minimum Gasteiger partial charge on any atom is -0.456 e. The number of ether oxygens (including phenoxy) is 1. The molecule has 0 aliphatic heterocycles. The van der Waals surface area contributed by atoms with Crippen LogP contribution in [-0.2, 0) is 14.3 Å². The van der Waals surface area contributed by atoms with Crippen molar-refractivity contribution < 1.29 is 19.1 Å². The molecule has 2 saturated carbocycles. The molecule has 2 bridgehead atoms. The standard InChI is InChI=1S/C22H30N2O4/c1-14(2)12-23-22(27)18-5-3-4-6-19(18)24-20(25)13-28-21(26)11-17-10-15-7-8-16(17)9-15/h3-6,14-17H,7-13H2,1-2H3,(H,23,27)(H,24,25)/t15-,16-,17-/m1/s1. The van der Waals surface area contributed by atoms with E-state index in [4.69, 9.17) is 4.74 Å². The van der Waals surface area contributed by atoms with E-state index in [0.29, 0.717) is 42.0 Å². The maximum absolute atomic E-state index is 12.3. The first-order valence-corrected chi connectivity index (χ1v) is 10.2. The van der Waals surface area contributed by atoms with E-state index in [0.717, 1.165) is 12.3 Å². The van der Waals surface area contributed by atoms with Crippen LogP contribution in [-0.4, -0.2) is 30.9 Å². The summed E-state index contributed by atoms with van der Waals surface area (Å²) in [5.41, 5.74) is 0.808. The summed E-state index contributed by atoms with van der Waals surface area (Å²) in [5, 5.41) is 5.52. The monoisotopic (exact) mass is 386 g/mol. The van der Waals surface area contributed by atoms with Crippen molar-refractivity contribution in [3.05, 3.63) is 29.8 Å². The molecule has 152 valence electrons. The van der Waals surface area contributed by atoms with Crippen LogP contribution >= 0.6 is 0 Å². The number of anilines is 1. The van der Waals surface area contributed by atoms with E-state index in [2.05, 4.69) is 10.6 Å². The van der Waals surface area contributed by atoms with Crippen molar-refractivity contribution in [2.24, 2.45) is 23.7 Å². The summed E-state index contributed by atoms with van der Waals surface area (Å²) in [7, 11) is 0. The SMILES string of the molecule is CC(C)CNC(=O)c1ccccc1NC(=O)COC(=O)C[C@H]1C[C@@H]2CC[C@@H]1C2. The lowest BCUT2D eigenvalue weighted by molar-refractivity contribution is -0.148. The zero-order valence-corrected chi connectivity index (χ0v) is 16.7. The zero-order valence-electron chi connectivity index (χ0n) is 16.7. The highest BCUT2D eigenvalue weighted by Gasteiger charge is 2.40. The lowest BCUT2D eigenvalue weighted by Gasteiger charge is -2.20. The van der Waals surface area contributed by atoms with Gasteiger partial charge in [0, 0.05) is 13.0 Å². The lowest BCUT2D eigenvalue weighted by atomic mass is 9.86. The van der Waals surface area contributed by atoms with Crippen LogP contribution in [0, 0.1) is 23.7 Å². The molecule has 0 aromatic heterocycles. The summed E-state index contributed by atoms with van der Waals surface area (Å²) in [6, 6.07) is 6.82. The van der Waals surface area contributed by atoms with Crippen molar-refractivity contribution in [3.63, 3.8) is 0 Å². The summed E-state index contributed by atoms with van der Waals surface area (Å²) in [6.45, 7) is 4.25. The Morgan fingerprint density at radius 2 is 1.93 bits per heavy atom. The fourth-order valence-electron chi connectivity index (χ4n) is 4.41. The zero-order chi connectivity index (χ0) is 20.1. The molecule has 3 atom stereocenters. The molecule has 2 fully saturated rings. The number of rotatable bonds is 8. The van der Waals surface area contributed by atoms with Crippen molar-refractivity contribution in [1.82, 2.24) is 5.32 Å². The van der Waals surface area contributed by atoms with Crippen LogP contribution in [0.5, 0.6) is 0 Å². The number of amides is 2. The minimum absolute atomic E-state index is 0.238. The molecule has 0 saturated heterocycles. The molecular weight excluding hydrogens is 356 g/mol. The van der Waals surface area contributed by atoms with E-state index in [1.165, 1.54) is 19.3 Å². The van der Waals surface area contributed by atoms with Gasteiger partial charge in [-0.1, -0.05) is 32.4 Å². The Balaban J connectivity index is 1.46. The summed E-state index contributed by atoms with van der Waals surface area (Å²) < 4.78 is 5.17. The van der Waals surface area contributed by atoms with Crippen LogP contribution in [0.25, 0.3) is 0 Å². The highest BCUT2D eigenvalue weighted by Crippen LogP contribution is 2.49. The van der Waals surface area contributed by atoms with E-state index < -0.39 is 5.91 Å². The minimum atomic E-state index is -0.439. The van der Waals surface area contributed by atoms with Gasteiger partial charge < -0.3 is 15.4 Å². The fourth-order valence-corrected chi connectivity index (χ4v) is 4.41. The number of para-hydroxylation sites is 1. The second-order valence-electron chi connectivity index (χ2n) is 8.50. The molecule has 28 heavy (non-hydrogen) atoms. The Morgan fingerprint density at radius 1 is 1.14 bits per heavy atom. The third-order valence-electron chi connectivity index (χ3n) is 5.79. The number of carbonyl (C=O) groups excluding carboxylic acids is 3. The number of benzene rings is 1. The Bertz CT molecular complexity index is 731. The molecule has 0 spiro atoms. The smallest absolute Gasteiger partial charge is 0.306 e. The average Bonchev–Trinajstić information content (AvgIpc) is 3.28. The Morgan fingerprint density at radius 3 is 2.61 bits per heavy atom. The second-order valence-corrected chi connectivity index (χ2v) is 8.50. The van der Waals surface area contributed by atoms with Crippen LogP contribution in [0.1, 0.15) is 56.3 Å². The molecular formula is C22H30N2O4. The quantitative estimate of drug-likeness (QED) is 0.671. The van der Waals surface area contributed by atoms with Gasteiger partial charge in [0.05, 0.1) is 11.3 Å². The number of hydrogen-bond acceptors (Lipinski definition) is 4. The molecule has 1 aromatic rings. The number of fused-ring (bicyclic) bond motifs is 2. The molecule has 2 amide bonds. The van der Waals surface area contributed by atoms with Gasteiger partial charge in [-0.15, -0.1) is 0 Å². The number of carbonyl (C=O) groups is 3. The molecule has 2 N–H and O–H groups in total. The van der Waals surface area contributed by atoms with Gasteiger partial charge in [0.15, 0.2) is 6.61 Å². The predicted octanol–water partition coefficient (Wildman–Crippen LogP) is 3.38. The molecule has 2 aliphatic carbocycles. The van der Waals surface area contributed by atoms with Gasteiger partial charge in [0.2, 0.25) is 0 Å². The topological polar surface area (TPSA) is 84.5 Å². The molecule has 0 radical (unpaired) electrons. The maximum atomic E-state index is 12.3. The number of hydrogen-bond donors (Lipinski definition) is 2. The summed E-state index contributed by atoms with van der Waals surface area (Å²) >= 11 is 0. The van der Waals surface area contributed by atoms with Gasteiger partial charge in [-0.05, 0) is 55.1 Å². The molecule has 6 heteroatoms. The molecule has 6 nitrogen and oxygen atoms in total. The fraction of sp³-hybridized carbons (Fsp3) is 0.591. The van der Waals surface area contributed by atoms with Crippen LogP contribution in [0.15, 0.2) is 24.3 Å². The van der Waals surface area contributed by atoms with Crippen LogP contribution in [0.3, 0.4) is 0 Å². The highest BCUT2D eigenvalue weighted by atomic mass is 16.5. The summed E-state index contributed by atoms with van der Waals surface area (Å²) in [4.78, 5) is 36.6.